The first-order valence-corrected chi connectivity index (χ1v) is 9.80. The van der Waals surface area contributed by atoms with Gasteiger partial charge in [0.1, 0.15) is 6.04 Å². The topological polar surface area (TPSA) is 67.6 Å². The van der Waals surface area contributed by atoms with Crippen molar-refractivity contribution in [1.82, 2.24) is 9.80 Å². The van der Waals surface area contributed by atoms with Gasteiger partial charge in [0.2, 0.25) is 5.91 Å². The summed E-state index contributed by atoms with van der Waals surface area (Å²) in [5.41, 5.74) is -0.190. The Morgan fingerprint density at radius 3 is 2.52 bits per heavy atom. The van der Waals surface area contributed by atoms with Crippen molar-refractivity contribution < 1.29 is 22.8 Å². The standard InChI is InChI=1S/C22H17F3N4O2/c23-22(24,25)16-8-15(7-6-14(16)9-26)27-11-17-18-20(30)19(29(17)12-27)21(31)28(18)10-13-4-2-1-3-5-13/h1-8,17-19H,10-12H2/t17-,18+,19-/m1/s1. The molecule has 5 rings (SSSR count). The van der Waals surface area contributed by atoms with Gasteiger partial charge in [0.25, 0.3) is 0 Å². The number of hydrogen-bond donors (Lipinski definition) is 0. The number of piperazine rings is 1. The molecule has 0 saturated carbocycles. The van der Waals surface area contributed by atoms with Crippen LogP contribution in [-0.2, 0) is 22.3 Å². The van der Waals surface area contributed by atoms with Crippen molar-refractivity contribution in [3.63, 3.8) is 0 Å². The van der Waals surface area contributed by atoms with Crippen LogP contribution in [0.1, 0.15) is 16.7 Å². The molecule has 158 valence electrons. The van der Waals surface area contributed by atoms with Gasteiger partial charge >= 0.3 is 6.18 Å². The number of benzene rings is 2. The van der Waals surface area contributed by atoms with Crippen LogP contribution in [0.25, 0.3) is 0 Å². The van der Waals surface area contributed by atoms with E-state index in [9.17, 15) is 22.8 Å². The summed E-state index contributed by atoms with van der Waals surface area (Å²) in [4.78, 5) is 30.8. The third-order valence-corrected chi connectivity index (χ3v) is 6.27. The second-order valence-electron chi connectivity index (χ2n) is 7.99. The Labute approximate surface area is 176 Å². The van der Waals surface area contributed by atoms with Crippen LogP contribution in [-0.4, -0.2) is 52.8 Å². The van der Waals surface area contributed by atoms with E-state index in [0.29, 0.717) is 18.8 Å². The van der Waals surface area contributed by atoms with Crippen LogP contribution >= 0.6 is 0 Å². The van der Waals surface area contributed by atoms with E-state index >= 15 is 0 Å². The van der Waals surface area contributed by atoms with Crippen LogP contribution in [0, 0.1) is 11.3 Å². The molecule has 2 bridgehead atoms. The number of alkyl halides is 3. The molecule has 3 heterocycles. The maximum atomic E-state index is 13.4. The van der Waals surface area contributed by atoms with Gasteiger partial charge < -0.3 is 9.80 Å². The van der Waals surface area contributed by atoms with E-state index in [4.69, 9.17) is 5.26 Å². The second kappa shape index (κ2) is 6.82. The van der Waals surface area contributed by atoms with Crippen molar-refractivity contribution in [1.29, 1.82) is 5.26 Å². The van der Waals surface area contributed by atoms with Gasteiger partial charge in [0.05, 0.1) is 29.9 Å². The Kier molecular flexibility index (Phi) is 4.31. The van der Waals surface area contributed by atoms with E-state index in [0.717, 1.165) is 17.7 Å². The molecule has 1 amide bonds. The number of halogens is 3. The monoisotopic (exact) mass is 426 g/mol. The molecule has 3 aliphatic rings. The Bertz CT molecular complexity index is 1110. The lowest BCUT2D eigenvalue weighted by Gasteiger charge is -2.34. The molecular weight excluding hydrogens is 409 g/mol. The molecule has 2 aromatic carbocycles. The first kappa shape index (κ1) is 19.6. The normalized spacial score (nSPS) is 25.3. The molecule has 3 aliphatic heterocycles. The van der Waals surface area contributed by atoms with E-state index < -0.39 is 29.4 Å². The molecule has 6 nitrogen and oxygen atoms in total. The molecular formula is C22H17F3N4O2. The summed E-state index contributed by atoms with van der Waals surface area (Å²) < 4.78 is 40.1. The van der Waals surface area contributed by atoms with Gasteiger partial charge in [-0.05, 0) is 23.8 Å². The Balaban J connectivity index is 1.41. The highest BCUT2D eigenvalue weighted by Crippen LogP contribution is 2.41. The van der Waals surface area contributed by atoms with Crippen LogP contribution in [0.4, 0.5) is 18.9 Å². The molecule has 2 aromatic rings. The van der Waals surface area contributed by atoms with Crippen LogP contribution in [0.3, 0.4) is 0 Å². The fraction of sp³-hybridized carbons (Fsp3) is 0.318. The molecule has 3 saturated heterocycles. The zero-order valence-corrected chi connectivity index (χ0v) is 16.2. The Morgan fingerprint density at radius 2 is 1.84 bits per heavy atom. The smallest absolute Gasteiger partial charge is 0.357 e. The molecule has 0 aromatic heterocycles. The number of nitrogens with zero attached hydrogens (tertiary/aromatic N) is 4. The lowest BCUT2D eigenvalue weighted by molar-refractivity contribution is -0.139. The molecule has 0 radical (unpaired) electrons. The number of anilines is 1. The van der Waals surface area contributed by atoms with E-state index in [1.165, 1.54) is 6.07 Å². The van der Waals surface area contributed by atoms with Gasteiger partial charge in [-0.15, -0.1) is 0 Å². The van der Waals surface area contributed by atoms with Crippen molar-refractivity contribution in [2.24, 2.45) is 0 Å². The summed E-state index contributed by atoms with van der Waals surface area (Å²) in [6.45, 7) is 0.840. The summed E-state index contributed by atoms with van der Waals surface area (Å²) in [7, 11) is 0. The van der Waals surface area contributed by atoms with Crippen LogP contribution in [0.15, 0.2) is 48.5 Å². The minimum Gasteiger partial charge on any atom is -0.357 e. The molecule has 31 heavy (non-hydrogen) atoms. The van der Waals surface area contributed by atoms with E-state index in [1.54, 1.807) is 20.8 Å². The SMILES string of the molecule is N#Cc1ccc(N2C[C@@H]3[C@H]4C(=O)[C@H](C(=O)N4Cc4ccccc4)N3C2)cc1C(F)(F)F. The third-order valence-electron chi connectivity index (χ3n) is 6.27. The van der Waals surface area contributed by atoms with Crippen molar-refractivity contribution in [2.45, 2.75) is 30.8 Å². The third kappa shape index (κ3) is 2.98. The van der Waals surface area contributed by atoms with Crippen molar-refractivity contribution in [3.05, 3.63) is 65.2 Å². The van der Waals surface area contributed by atoms with Gasteiger partial charge in [0.15, 0.2) is 11.8 Å². The van der Waals surface area contributed by atoms with Crippen LogP contribution in [0.5, 0.6) is 0 Å². The quantitative estimate of drug-likeness (QED) is 0.706. The molecule has 3 atom stereocenters. The minimum atomic E-state index is -4.64. The summed E-state index contributed by atoms with van der Waals surface area (Å²) >= 11 is 0. The first-order valence-electron chi connectivity index (χ1n) is 9.80. The summed E-state index contributed by atoms with van der Waals surface area (Å²) in [6.07, 6.45) is -4.64. The number of fused-ring (bicyclic) bond motifs is 5. The Hall–Kier alpha value is -3.38. The zero-order chi connectivity index (χ0) is 21.9. The average molecular weight is 426 g/mol. The first-order chi connectivity index (χ1) is 14.8. The van der Waals surface area contributed by atoms with Gasteiger partial charge in [-0.25, -0.2) is 0 Å². The van der Waals surface area contributed by atoms with Gasteiger partial charge in [-0.1, -0.05) is 30.3 Å². The van der Waals surface area contributed by atoms with Gasteiger partial charge in [0, 0.05) is 18.8 Å². The number of nitriles is 1. The molecule has 0 spiro atoms. The molecule has 0 aliphatic carbocycles. The van der Waals surface area contributed by atoms with Gasteiger partial charge in [-0.2, -0.15) is 18.4 Å². The summed E-state index contributed by atoms with van der Waals surface area (Å²) in [6, 6.07) is 12.8. The number of carbonyl (C=O) groups is 2. The molecule has 9 heteroatoms. The van der Waals surface area contributed by atoms with Crippen molar-refractivity contribution in [3.8, 4) is 6.07 Å². The maximum absolute atomic E-state index is 13.4. The van der Waals surface area contributed by atoms with E-state index in [1.807, 2.05) is 30.3 Å². The average Bonchev–Trinajstić information content (AvgIpc) is 3.35. The van der Waals surface area contributed by atoms with Crippen LogP contribution < -0.4 is 4.90 Å². The predicted octanol–water partition coefficient (Wildman–Crippen LogP) is 2.39. The molecule has 0 N–H and O–H groups in total. The largest absolute Gasteiger partial charge is 0.417 e. The fourth-order valence-electron chi connectivity index (χ4n) is 4.88. The van der Waals surface area contributed by atoms with Gasteiger partial charge in [-0.3, -0.25) is 14.5 Å². The maximum Gasteiger partial charge on any atom is 0.417 e. The molecule has 3 fully saturated rings. The van der Waals surface area contributed by atoms with Crippen molar-refractivity contribution >= 4 is 17.4 Å². The minimum absolute atomic E-state index is 0.138. The lowest BCUT2D eigenvalue weighted by atomic mass is 10.1. The van der Waals surface area contributed by atoms with E-state index in [-0.39, 0.29) is 24.4 Å². The van der Waals surface area contributed by atoms with E-state index in [2.05, 4.69) is 0 Å². The number of ketones is 1. The fourth-order valence-corrected chi connectivity index (χ4v) is 4.88. The molecule has 0 unspecified atom stereocenters. The number of likely N-dealkylation sites (tertiary alicyclic amines) is 1. The summed E-state index contributed by atoms with van der Waals surface area (Å²) in [5.74, 6) is -0.394. The lowest BCUT2D eigenvalue weighted by Crippen LogP contribution is -2.53. The number of carbonyl (C=O) groups excluding carboxylic acids is 2. The number of hydrogen-bond acceptors (Lipinski definition) is 5. The van der Waals surface area contributed by atoms with Crippen LogP contribution in [0.2, 0.25) is 0 Å². The highest BCUT2D eigenvalue weighted by molar-refractivity contribution is 6.16. The number of rotatable bonds is 3. The zero-order valence-electron chi connectivity index (χ0n) is 16.2. The highest BCUT2D eigenvalue weighted by Gasteiger charge is 2.64. The second-order valence-corrected chi connectivity index (χ2v) is 7.99. The van der Waals surface area contributed by atoms with Crippen molar-refractivity contribution in [2.75, 3.05) is 18.1 Å². The Morgan fingerprint density at radius 1 is 1.10 bits per heavy atom. The number of amides is 1. The summed E-state index contributed by atoms with van der Waals surface area (Å²) in [5, 5.41) is 9.00. The predicted molar refractivity (Wildman–Crippen MR) is 104 cm³/mol. The number of Topliss-reactive ketones (excluding diaryl/α,β-unsaturated/α-hetero) is 1. The highest BCUT2D eigenvalue weighted by atomic mass is 19.4.